The van der Waals surface area contributed by atoms with Crippen LogP contribution in [0.15, 0.2) is 29.1 Å². The van der Waals surface area contributed by atoms with E-state index >= 15 is 0 Å². The van der Waals surface area contributed by atoms with Crippen LogP contribution in [0, 0.1) is 0 Å². The lowest BCUT2D eigenvalue weighted by Gasteiger charge is -2.24. The average Bonchev–Trinajstić information content (AvgIpc) is 2.38. The number of aliphatic hydroxyl groups is 1. The summed E-state index contributed by atoms with van der Waals surface area (Å²) in [5, 5.41) is 9.66. The molecule has 0 amide bonds. The molecule has 2 rings (SSSR count). The second-order valence-corrected chi connectivity index (χ2v) is 4.82. The molecule has 0 unspecified atom stereocenters. The number of nitrogens with one attached hydrogen (secondary N) is 1. The predicted molar refractivity (Wildman–Crippen MR) is 75.0 cm³/mol. The summed E-state index contributed by atoms with van der Waals surface area (Å²) >= 11 is 0. The largest absolute Gasteiger partial charge is 0.395 e. The molecule has 0 aliphatic rings. The van der Waals surface area contributed by atoms with Gasteiger partial charge in [-0.25, -0.2) is 4.98 Å². The second kappa shape index (κ2) is 5.95. The fraction of sp³-hybridized carbons (Fsp3) is 0.429. The Labute approximate surface area is 111 Å². The summed E-state index contributed by atoms with van der Waals surface area (Å²) in [5.41, 5.74) is 0.585. The third kappa shape index (κ3) is 3.19. The molecule has 0 atom stereocenters. The quantitative estimate of drug-likeness (QED) is 0.846. The van der Waals surface area contributed by atoms with E-state index in [0.29, 0.717) is 29.8 Å². The van der Waals surface area contributed by atoms with Crippen molar-refractivity contribution in [1.29, 1.82) is 0 Å². The van der Waals surface area contributed by atoms with Gasteiger partial charge >= 0.3 is 0 Å². The van der Waals surface area contributed by atoms with Crippen LogP contribution < -0.4 is 5.56 Å². The maximum absolute atomic E-state index is 11.9. The number of nitrogens with zero attached hydrogens (tertiary/aromatic N) is 2. The maximum Gasteiger partial charge on any atom is 0.258 e. The van der Waals surface area contributed by atoms with E-state index in [0.717, 1.165) is 0 Å². The van der Waals surface area contributed by atoms with E-state index in [1.54, 1.807) is 6.07 Å². The molecule has 1 heterocycles. The molecule has 0 bridgehead atoms. The van der Waals surface area contributed by atoms with E-state index < -0.39 is 0 Å². The lowest BCUT2D eigenvalue weighted by Crippen LogP contribution is -2.34. The highest BCUT2D eigenvalue weighted by Crippen LogP contribution is 2.08. The SMILES string of the molecule is CC(C)N(CCO)Cc1nc2ccccc2c(=O)[nH]1. The maximum atomic E-state index is 11.9. The molecule has 0 aliphatic heterocycles. The molecule has 0 aliphatic carbocycles. The number of aliphatic hydroxyl groups excluding tert-OH is 1. The molecular formula is C14H19N3O2. The molecule has 5 heteroatoms. The van der Waals surface area contributed by atoms with Gasteiger partial charge in [0.1, 0.15) is 5.82 Å². The van der Waals surface area contributed by atoms with Gasteiger partial charge in [0, 0.05) is 12.6 Å². The fourth-order valence-electron chi connectivity index (χ4n) is 2.05. The van der Waals surface area contributed by atoms with Crippen molar-refractivity contribution in [2.75, 3.05) is 13.2 Å². The van der Waals surface area contributed by atoms with E-state index in [-0.39, 0.29) is 18.2 Å². The Morgan fingerprint density at radius 3 is 2.79 bits per heavy atom. The van der Waals surface area contributed by atoms with Gasteiger partial charge < -0.3 is 10.1 Å². The van der Waals surface area contributed by atoms with Crippen LogP contribution in [0.2, 0.25) is 0 Å². The molecule has 1 aromatic carbocycles. The van der Waals surface area contributed by atoms with Crippen molar-refractivity contribution in [3.63, 3.8) is 0 Å². The van der Waals surface area contributed by atoms with Gasteiger partial charge in [0.15, 0.2) is 0 Å². The van der Waals surface area contributed by atoms with Gasteiger partial charge in [0.25, 0.3) is 5.56 Å². The molecule has 0 saturated carbocycles. The number of aromatic amines is 1. The van der Waals surface area contributed by atoms with Gasteiger partial charge in [-0.15, -0.1) is 0 Å². The van der Waals surface area contributed by atoms with Crippen LogP contribution in [-0.4, -0.2) is 39.2 Å². The number of hydrogen-bond donors (Lipinski definition) is 2. The highest BCUT2D eigenvalue weighted by Gasteiger charge is 2.12. The minimum Gasteiger partial charge on any atom is -0.395 e. The normalized spacial score (nSPS) is 11.6. The Morgan fingerprint density at radius 1 is 1.37 bits per heavy atom. The zero-order chi connectivity index (χ0) is 13.8. The van der Waals surface area contributed by atoms with Crippen molar-refractivity contribution in [3.05, 3.63) is 40.4 Å². The molecule has 2 N–H and O–H groups in total. The van der Waals surface area contributed by atoms with Crippen molar-refractivity contribution in [2.24, 2.45) is 0 Å². The monoisotopic (exact) mass is 261 g/mol. The topological polar surface area (TPSA) is 69.2 Å². The van der Waals surface area contributed by atoms with Gasteiger partial charge in [-0.05, 0) is 26.0 Å². The summed E-state index contributed by atoms with van der Waals surface area (Å²) in [7, 11) is 0. The molecular weight excluding hydrogens is 242 g/mol. The van der Waals surface area contributed by atoms with E-state index in [9.17, 15) is 4.79 Å². The van der Waals surface area contributed by atoms with Crippen LogP contribution in [0.5, 0.6) is 0 Å². The highest BCUT2D eigenvalue weighted by molar-refractivity contribution is 5.77. The van der Waals surface area contributed by atoms with Crippen molar-refractivity contribution in [1.82, 2.24) is 14.9 Å². The Balaban J connectivity index is 2.32. The van der Waals surface area contributed by atoms with Crippen LogP contribution in [0.1, 0.15) is 19.7 Å². The first-order valence-corrected chi connectivity index (χ1v) is 6.44. The Morgan fingerprint density at radius 2 is 2.11 bits per heavy atom. The molecule has 0 saturated heterocycles. The van der Waals surface area contributed by atoms with E-state index in [1.807, 2.05) is 18.2 Å². The summed E-state index contributed by atoms with van der Waals surface area (Å²) in [4.78, 5) is 21.3. The summed E-state index contributed by atoms with van der Waals surface area (Å²) in [6, 6.07) is 7.57. The van der Waals surface area contributed by atoms with Crippen LogP contribution >= 0.6 is 0 Å². The third-order valence-electron chi connectivity index (χ3n) is 3.13. The lowest BCUT2D eigenvalue weighted by molar-refractivity contribution is 0.156. The predicted octanol–water partition coefficient (Wildman–Crippen LogP) is 1.13. The molecule has 102 valence electrons. The number of para-hydroxylation sites is 1. The molecule has 1 aromatic heterocycles. The van der Waals surface area contributed by atoms with E-state index in [4.69, 9.17) is 5.11 Å². The van der Waals surface area contributed by atoms with Crippen molar-refractivity contribution in [3.8, 4) is 0 Å². The van der Waals surface area contributed by atoms with Gasteiger partial charge in [0.2, 0.25) is 0 Å². The molecule has 0 fully saturated rings. The first-order valence-electron chi connectivity index (χ1n) is 6.44. The summed E-state index contributed by atoms with van der Waals surface area (Å²) < 4.78 is 0. The number of fused-ring (bicyclic) bond motifs is 1. The Bertz CT molecular complexity index is 607. The van der Waals surface area contributed by atoms with Crippen molar-refractivity contribution >= 4 is 10.9 Å². The number of rotatable bonds is 5. The van der Waals surface area contributed by atoms with Crippen molar-refractivity contribution < 1.29 is 5.11 Å². The minimum absolute atomic E-state index is 0.0932. The number of H-pyrrole nitrogens is 1. The zero-order valence-corrected chi connectivity index (χ0v) is 11.3. The average molecular weight is 261 g/mol. The minimum atomic E-state index is -0.117. The first-order chi connectivity index (χ1) is 9.11. The highest BCUT2D eigenvalue weighted by atomic mass is 16.3. The summed E-state index contributed by atoms with van der Waals surface area (Å²) in [5.74, 6) is 0.630. The van der Waals surface area contributed by atoms with Gasteiger partial charge in [-0.2, -0.15) is 0 Å². The van der Waals surface area contributed by atoms with Crippen LogP contribution in [0.25, 0.3) is 10.9 Å². The Hall–Kier alpha value is -1.72. The smallest absolute Gasteiger partial charge is 0.258 e. The molecule has 0 radical (unpaired) electrons. The van der Waals surface area contributed by atoms with Gasteiger partial charge in [-0.3, -0.25) is 9.69 Å². The zero-order valence-electron chi connectivity index (χ0n) is 11.3. The van der Waals surface area contributed by atoms with Crippen LogP contribution in [0.3, 0.4) is 0 Å². The first kappa shape index (κ1) is 13.7. The van der Waals surface area contributed by atoms with Crippen LogP contribution in [0.4, 0.5) is 0 Å². The van der Waals surface area contributed by atoms with Crippen molar-refractivity contribution in [2.45, 2.75) is 26.4 Å². The lowest BCUT2D eigenvalue weighted by atomic mass is 10.2. The standard InChI is InChI=1S/C14H19N3O2/c1-10(2)17(7-8-18)9-13-15-12-6-4-3-5-11(12)14(19)16-13/h3-6,10,18H,7-9H2,1-2H3,(H,15,16,19). The number of aromatic nitrogens is 2. The number of hydrogen-bond acceptors (Lipinski definition) is 4. The number of benzene rings is 1. The molecule has 0 spiro atoms. The third-order valence-corrected chi connectivity index (χ3v) is 3.13. The molecule has 19 heavy (non-hydrogen) atoms. The molecule has 5 nitrogen and oxygen atoms in total. The van der Waals surface area contributed by atoms with Gasteiger partial charge in [-0.1, -0.05) is 12.1 Å². The van der Waals surface area contributed by atoms with E-state index in [2.05, 4.69) is 28.7 Å². The molecule has 2 aromatic rings. The Kier molecular flexibility index (Phi) is 4.29. The van der Waals surface area contributed by atoms with Gasteiger partial charge in [0.05, 0.1) is 24.1 Å². The second-order valence-electron chi connectivity index (χ2n) is 4.82. The summed E-state index contributed by atoms with van der Waals surface area (Å²) in [6.07, 6.45) is 0. The van der Waals surface area contributed by atoms with Crippen LogP contribution in [-0.2, 0) is 6.54 Å². The van der Waals surface area contributed by atoms with E-state index in [1.165, 1.54) is 0 Å². The fourth-order valence-corrected chi connectivity index (χ4v) is 2.05. The summed E-state index contributed by atoms with van der Waals surface area (Å²) in [6.45, 7) is 5.28.